The van der Waals surface area contributed by atoms with Gasteiger partial charge in [0.2, 0.25) is 11.8 Å². The van der Waals surface area contributed by atoms with Gasteiger partial charge in [0.15, 0.2) is 5.58 Å². The number of hydrogen-bond donors (Lipinski definition) is 2. The first-order valence-corrected chi connectivity index (χ1v) is 5.35. The maximum absolute atomic E-state index is 11.3. The highest BCUT2D eigenvalue weighted by atomic mass is 16.4. The van der Waals surface area contributed by atoms with E-state index in [4.69, 9.17) is 10.2 Å². The molecule has 0 aliphatic carbocycles. The third-order valence-electron chi connectivity index (χ3n) is 2.62. The van der Waals surface area contributed by atoms with Crippen LogP contribution in [0.5, 0.6) is 0 Å². The minimum atomic E-state index is -0.368. The number of rotatable bonds is 1. The van der Waals surface area contributed by atoms with Crippen molar-refractivity contribution in [2.75, 3.05) is 23.7 Å². The van der Waals surface area contributed by atoms with Gasteiger partial charge in [-0.3, -0.25) is 14.9 Å². The number of piperazine rings is 1. The second-order valence-electron chi connectivity index (χ2n) is 4.05. The molecule has 1 fully saturated rings. The van der Waals surface area contributed by atoms with Gasteiger partial charge in [-0.15, -0.1) is 0 Å². The Morgan fingerprint density at radius 2 is 2.00 bits per heavy atom. The van der Waals surface area contributed by atoms with Gasteiger partial charge < -0.3 is 15.1 Å². The molecular weight excluding hydrogens is 236 g/mol. The zero-order chi connectivity index (χ0) is 12.7. The van der Waals surface area contributed by atoms with Crippen LogP contribution < -0.4 is 16.0 Å². The first-order valence-electron chi connectivity index (χ1n) is 5.35. The van der Waals surface area contributed by atoms with E-state index >= 15 is 0 Å². The Kier molecular flexibility index (Phi) is 2.19. The molecule has 0 spiro atoms. The second-order valence-corrected chi connectivity index (χ2v) is 4.05. The monoisotopic (exact) mass is 246 g/mol. The van der Waals surface area contributed by atoms with E-state index in [9.17, 15) is 9.59 Å². The lowest BCUT2D eigenvalue weighted by molar-refractivity contribution is -0.130. The molecule has 0 saturated carbocycles. The van der Waals surface area contributed by atoms with Gasteiger partial charge in [0.1, 0.15) is 18.6 Å². The highest BCUT2D eigenvalue weighted by Gasteiger charge is 2.25. The van der Waals surface area contributed by atoms with Crippen LogP contribution in [-0.2, 0) is 9.59 Å². The first kappa shape index (κ1) is 10.6. The van der Waals surface area contributed by atoms with Crippen LogP contribution in [0, 0.1) is 0 Å². The number of fused-ring (bicyclic) bond motifs is 1. The maximum atomic E-state index is 11.3. The summed E-state index contributed by atoms with van der Waals surface area (Å²) in [5.41, 5.74) is 7.37. The molecule has 0 unspecified atom stereocenters. The number of nitrogens with one attached hydrogen (secondary N) is 1. The smallest absolute Gasteiger partial charge is 0.299 e. The van der Waals surface area contributed by atoms with Crippen molar-refractivity contribution in [1.29, 1.82) is 0 Å². The van der Waals surface area contributed by atoms with E-state index in [1.165, 1.54) is 4.90 Å². The number of benzene rings is 1. The molecule has 2 amide bonds. The Bertz CT molecular complexity index is 633. The van der Waals surface area contributed by atoms with Gasteiger partial charge in [-0.2, -0.15) is 4.98 Å². The molecule has 2 heterocycles. The molecule has 92 valence electrons. The number of imide groups is 1. The van der Waals surface area contributed by atoms with Crippen molar-refractivity contribution in [1.82, 2.24) is 10.3 Å². The zero-order valence-corrected chi connectivity index (χ0v) is 9.34. The van der Waals surface area contributed by atoms with Gasteiger partial charge in [-0.1, -0.05) is 0 Å². The van der Waals surface area contributed by atoms with Crippen LogP contribution in [0.15, 0.2) is 22.6 Å². The van der Waals surface area contributed by atoms with Gasteiger partial charge >= 0.3 is 0 Å². The molecule has 0 bridgehead atoms. The van der Waals surface area contributed by atoms with Crippen molar-refractivity contribution in [3.63, 3.8) is 0 Å². The number of nitrogens with zero attached hydrogens (tertiary/aromatic N) is 2. The molecule has 3 rings (SSSR count). The molecule has 0 atom stereocenters. The molecule has 1 aromatic heterocycles. The van der Waals surface area contributed by atoms with E-state index < -0.39 is 0 Å². The largest absolute Gasteiger partial charge is 0.423 e. The summed E-state index contributed by atoms with van der Waals surface area (Å²) in [4.78, 5) is 28.2. The van der Waals surface area contributed by atoms with E-state index in [1.807, 2.05) is 0 Å². The van der Waals surface area contributed by atoms with Gasteiger partial charge in [-0.25, -0.2) is 0 Å². The predicted molar refractivity (Wildman–Crippen MR) is 63.8 cm³/mol. The topological polar surface area (TPSA) is 101 Å². The van der Waals surface area contributed by atoms with Gasteiger partial charge in [0.25, 0.3) is 6.01 Å². The number of hydrogen-bond acceptors (Lipinski definition) is 6. The van der Waals surface area contributed by atoms with Gasteiger partial charge in [0, 0.05) is 11.8 Å². The summed E-state index contributed by atoms with van der Waals surface area (Å²) >= 11 is 0. The van der Waals surface area contributed by atoms with E-state index in [0.717, 1.165) is 0 Å². The highest BCUT2D eigenvalue weighted by molar-refractivity contribution is 6.02. The van der Waals surface area contributed by atoms with E-state index in [2.05, 4.69) is 10.3 Å². The van der Waals surface area contributed by atoms with Crippen LogP contribution in [0.1, 0.15) is 0 Å². The Morgan fingerprint density at radius 3 is 2.72 bits per heavy atom. The molecule has 7 nitrogen and oxygen atoms in total. The van der Waals surface area contributed by atoms with Crippen LogP contribution in [-0.4, -0.2) is 29.9 Å². The molecule has 2 aromatic rings. The van der Waals surface area contributed by atoms with Crippen LogP contribution in [0.4, 0.5) is 11.7 Å². The summed E-state index contributed by atoms with van der Waals surface area (Å²) in [5.74, 6) is -0.735. The lowest BCUT2D eigenvalue weighted by Crippen LogP contribution is -2.51. The van der Waals surface area contributed by atoms with Crippen LogP contribution >= 0.6 is 0 Å². The fourth-order valence-electron chi connectivity index (χ4n) is 1.84. The number of nitrogens with two attached hydrogens (primary N) is 1. The van der Waals surface area contributed by atoms with Crippen molar-refractivity contribution in [3.8, 4) is 0 Å². The molecule has 0 radical (unpaired) electrons. The summed E-state index contributed by atoms with van der Waals surface area (Å²) in [7, 11) is 0. The Balaban J connectivity index is 1.98. The van der Waals surface area contributed by atoms with Crippen LogP contribution in [0.25, 0.3) is 11.1 Å². The fraction of sp³-hybridized carbons (Fsp3) is 0.182. The van der Waals surface area contributed by atoms with E-state index in [1.54, 1.807) is 18.2 Å². The summed E-state index contributed by atoms with van der Waals surface area (Å²) in [6.07, 6.45) is 0. The number of amides is 2. The van der Waals surface area contributed by atoms with E-state index in [-0.39, 0.29) is 30.9 Å². The molecule has 1 aliphatic rings. The van der Waals surface area contributed by atoms with E-state index in [0.29, 0.717) is 16.8 Å². The summed E-state index contributed by atoms with van der Waals surface area (Å²) in [6, 6.07) is 5.34. The predicted octanol–water partition coefficient (Wildman–Crippen LogP) is -0.127. The van der Waals surface area contributed by atoms with Crippen molar-refractivity contribution >= 4 is 34.6 Å². The number of aromatic nitrogens is 1. The maximum Gasteiger partial charge on any atom is 0.299 e. The lowest BCUT2D eigenvalue weighted by atomic mass is 10.3. The van der Waals surface area contributed by atoms with Crippen LogP contribution in [0.3, 0.4) is 0 Å². The average molecular weight is 246 g/mol. The average Bonchev–Trinajstić information content (AvgIpc) is 2.70. The van der Waals surface area contributed by atoms with Crippen molar-refractivity contribution in [3.05, 3.63) is 18.2 Å². The molecule has 1 aromatic carbocycles. The number of nitrogen functional groups attached to an aromatic ring is 1. The Morgan fingerprint density at radius 1 is 1.28 bits per heavy atom. The third kappa shape index (κ3) is 1.75. The normalized spacial score (nSPS) is 16.1. The standard InChI is InChI=1S/C11H10N4O3/c12-6-1-2-7-8(3-6)18-11(13-7)15-4-9(16)14-10(17)5-15/h1-3H,4-5,12H2,(H,14,16,17). The summed E-state index contributed by atoms with van der Waals surface area (Å²) < 4.78 is 5.49. The molecule has 3 N–H and O–H groups in total. The first-order chi connectivity index (χ1) is 8.61. The molecular formula is C11H10N4O3. The lowest BCUT2D eigenvalue weighted by Gasteiger charge is -2.23. The Labute approximate surface area is 102 Å². The summed E-state index contributed by atoms with van der Waals surface area (Å²) in [6.45, 7) is 0.0993. The van der Waals surface area contributed by atoms with Crippen molar-refractivity contribution in [2.45, 2.75) is 0 Å². The van der Waals surface area contributed by atoms with Gasteiger partial charge in [-0.05, 0) is 12.1 Å². The van der Waals surface area contributed by atoms with Gasteiger partial charge in [0.05, 0.1) is 0 Å². The van der Waals surface area contributed by atoms with Crippen molar-refractivity contribution in [2.24, 2.45) is 0 Å². The number of oxazole rings is 1. The number of anilines is 2. The third-order valence-corrected chi connectivity index (χ3v) is 2.62. The zero-order valence-electron chi connectivity index (χ0n) is 9.34. The molecule has 18 heavy (non-hydrogen) atoms. The SMILES string of the molecule is Nc1ccc2nc(N3CC(=O)NC(=O)C3)oc2c1. The summed E-state index contributed by atoms with van der Waals surface area (Å²) in [5, 5.41) is 2.21. The molecule has 1 aliphatic heterocycles. The van der Waals surface area contributed by atoms with Crippen LogP contribution in [0.2, 0.25) is 0 Å². The second kappa shape index (κ2) is 3.73. The number of carbonyl (C=O) groups excluding carboxylic acids is 2. The highest BCUT2D eigenvalue weighted by Crippen LogP contribution is 2.23. The molecule has 1 saturated heterocycles. The minimum absolute atomic E-state index is 0.0496. The molecule has 7 heteroatoms. The fourth-order valence-corrected chi connectivity index (χ4v) is 1.84. The minimum Gasteiger partial charge on any atom is -0.423 e. The quantitative estimate of drug-likeness (QED) is 0.537. The Hall–Kier alpha value is -2.57. The number of carbonyl (C=O) groups is 2. The van der Waals surface area contributed by atoms with Crippen molar-refractivity contribution < 1.29 is 14.0 Å².